The number of carbonyl (C=O) groups excluding carboxylic acids is 1. The van der Waals surface area contributed by atoms with E-state index in [2.05, 4.69) is 28.9 Å². The van der Waals surface area contributed by atoms with Crippen LogP contribution >= 0.6 is 0 Å². The molecule has 0 aliphatic carbocycles. The molecule has 0 bridgehead atoms. The van der Waals surface area contributed by atoms with Crippen LogP contribution in [0.3, 0.4) is 0 Å². The van der Waals surface area contributed by atoms with Crippen molar-refractivity contribution in [2.75, 3.05) is 9.62 Å². The number of hydrogen-bond donors (Lipinski definition) is 1. The summed E-state index contributed by atoms with van der Waals surface area (Å²) in [7, 11) is -3.80. The van der Waals surface area contributed by atoms with Gasteiger partial charge >= 0.3 is 0 Å². The highest BCUT2D eigenvalue weighted by Gasteiger charge is 2.25. The van der Waals surface area contributed by atoms with Crippen molar-refractivity contribution in [2.24, 2.45) is 0 Å². The summed E-state index contributed by atoms with van der Waals surface area (Å²) in [5, 5.41) is 5.26. The second-order valence-electron chi connectivity index (χ2n) is 9.80. The third-order valence-electron chi connectivity index (χ3n) is 7.26. The largest absolute Gasteiger partial charge is 0.341 e. The van der Waals surface area contributed by atoms with Crippen LogP contribution in [0.2, 0.25) is 0 Å². The van der Waals surface area contributed by atoms with E-state index in [-0.39, 0.29) is 17.3 Å². The summed E-state index contributed by atoms with van der Waals surface area (Å²) in [5.41, 5.74) is 4.83. The van der Waals surface area contributed by atoms with E-state index < -0.39 is 10.0 Å². The number of hydrogen-bond acceptors (Lipinski definition) is 3. The van der Waals surface area contributed by atoms with E-state index in [0.29, 0.717) is 11.3 Å². The predicted molar refractivity (Wildman–Crippen MR) is 166 cm³/mol. The predicted octanol–water partition coefficient (Wildman–Crippen LogP) is 7.46. The van der Waals surface area contributed by atoms with Gasteiger partial charge < -0.3 is 9.88 Å². The molecule has 1 amide bonds. The van der Waals surface area contributed by atoms with Crippen molar-refractivity contribution in [3.05, 3.63) is 139 Å². The number of aromatic nitrogens is 1. The van der Waals surface area contributed by atoms with Gasteiger partial charge in [-0.05, 0) is 73.2 Å². The van der Waals surface area contributed by atoms with Crippen LogP contribution in [0.15, 0.2) is 132 Å². The molecule has 204 valence electrons. The van der Waals surface area contributed by atoms with Gasteiger partial charge in [-0.2, -0.15) is 0 Å². The zero-order chi connectivity index (χ0) is 28.4. The van der Waals surface area contributed by atoms with Gasteiger partial charge in [0.2, 0.25) is 0 Å². The molecule has 0 atom stereocenters. The molecule has 1 aromatic heterocycles. The van der Waals surface area contributed by atoms with Crippen LogP contribution < -0.4 is 9.62 Å². The molecule has 41 heavy (non-hydrogen) atoms. The number of amides is 1. The number of benzene rings is 5. The van der Waals surface area contributed by atoms with Crippen LogP contribution in [-0.4, -0.2) is 18.9 Å². The van der Waals surface area contributed by atoms with Gasteiger partial charge in [0, 0.05) is 39.6 Å². The Morgan fingerprint density at radius 1 is 0.732 bits per heavy atom. The number of nitrogens with zero attached hydrogens (tertiary/aromatic N) is 2. The van der Waals surface area contributed by atoms with Crippen molar-refractivity contribution in [3.8, 4) is 0 Å². The maximum Gasteiger partial charge on any atom is 0.264 e. The fourth-order valence-electron chi connectivity index (χ4n) is 5.23. The van der Waals surface area contributed by atoms with E-state index in [1.165, 1.54) is 9.82 Å². The lowest BCUT2D eigenvalue weighted by Crippen LogP contribution is -2.30. The van der Waals surface area contributed by atoms with Crippen molar-refractivity contribution in [2.45, 2.75) is 24.9 Å². The lowest BCUT2D eigenvalue weighted by atomic mass is 10.1. The Balaban J connectivity index is 1.24. The van der Waals surface area contributed by atoms with Gasteiger partial charge in [0.05, 0.1) is 17.1 Å². The molecule has 1 heterocycles. The minimum absolute atomic E-state index is 0.126. The van der Waals surface area contributed by atoms with Gasteiger partial charge in [0.25, 0.3) is 15.9 Å². The van der Waals surface area contributed by atoms with Crippen molar-refractivity contribution < 1.29 is 13.2 Å². The summed E-state index contributed by atoms with van der Waals surface area (Å²) in [6.45, 7) is 3.11. The first-order valence-corrected chi connectivity index (χ1v) is 14.9. The maximum atomic E-state index is 13.6. The normalized spacial score (nSPS) is 11.5. The van der Waals surface area contributed by atoms with E-state index in [0.717, 1.165) is 34.1 Å². The minimum atomic E-state index is -3.80. The van der Waals surface area contributed by atoms with Crippen LogP contribution in [0.5, 0.6) is 0 Å². The molecule has 0 aliphatic rings. The average Bonchev–Trinajstić information content (AvgIpc) is 3.34. The summed E-state index contributed by atoms with van der Waals surface area (Å²) in [6.07, 6.45) is 0. The fraction of sp³-hybridized carbons (Fsp3) is 0.0882. The number of carbonyl (C=O) groups is 1. The molecule has 5 aromatic carbocycles. The second kappa shape index (κ2) is 10.9. The van der Waals surface area contributed by atoms with E-state index in [1.807, 2.05) is 48.5 Å². The molecule has 6 aromatic rings. The number of sulfonamides is 1. The van der Waals surface area contributed by atoms with Crippen LogP contribution in [0.4, 0.5) is 11.4 Å². The molecule has 0 saturated heterocycles. The lowest BCUT2D eigenvalue weighted by Gasteiger charge is -2.25. The average molecular weight is 560 g/mol. The lowest BCUT2D eigenvalue weighted by molar-refractivity contribution is 0.102. The first-order chi connectivity index (χ1) is 20.0. The highest BCUT2D eigenvalue weighted by Crippen LogP contribution is 2.31. The maximum absolute atomic E-state index is 13.6. The van der Waals surface area contributed by atoms with Crippen molar-refractivity contribution in [1.29, 1.82) is 0 Å². The molecule has 7 heteroatoms. The van der Waals surface area contributed by atoms with Crippen LogP contribution in [-0.2, 0) is 23.1 Å². The second-order valence-corrected chi connectivity index (χ2v) is 11.7. The topological polar surface area (TPSA) is 71.4 Å². The standard InChI is InChI=1S/C34H29N3O3S/c1-2-36-32-16-10-9-15-30(32)31-23-27(21-22-33(31)36)35-34(38)26-19-17-25(18-20-26)24-37(28-11-5-3-6-12-28)41(39,40)29-13-7-4-8-14-29/h3-23H,2,24H2,1H3,(H,35,38). The fourth-order valence-corrected chi connectivity index (χ4v) is 6.71. The summed E-state index contributed by atoms with van der Waals surface area (Å²) in [5.74, 6) is -0.230. The number of rotatable bonds is 8. The zero-order valence-corrected chi connectivity index (χ0v) is 23.4. The molecular weight excluding hydrogens is 530 g/mol. The summed E-state index contributed by atoms with van der Waals surface area (Å²) in [6, 6.07) is 38.7. The Bertz CT molecular complexity index is 1950. The van der Waals surface area contributed by atoms with E-state index in [9.17, 15) is 13.2 Å². The molecule has 6 rings (SSSR count). The van der Waals surface area contributed by atoms with Crippen molar-refractivity contribution in [3.63, 3.8) is 0 Å². The minimum Gasteiger partial charge on any atom is -0.341 e. The van der Waals surface area contributed by atoms with E-state index in [1.54, 1.807) is 66.7 Å². The summed E-state index contributed by atoms with van der Waals surface area (Å²) < 4.78 is 30.8. The monoisotopic (exact) mass is 559 g/mol. The molecule has 6 nitrogen and oxygen atoms in total. The van der Waals surface area contributed by atoms with E-state index in [4.69, 9.17) is 0 Å². The number of nitrogens with one attached hydrogen (secondary N) is 1. The van der Waals surface area contributed by atoms with Gasteiger partial charge in [-0.3, -0.25) is 9.10 Å². The van der Waals surface area contributed by atoms with Crippen LogP contribution in [0.25, 0.3) is 21.8 Å². The van der Waals surface area contributed by atoms with Crippen LogP contribution in [0, 0.1) is 0 Å². The summed E-state index contributed by atoms with van der Waals surface area (Å²) in [4.78, 5) is 13.4. The van der Waals surface area contributed by atoms with Gasteiger partial charge in [0.15, 0.2) is 0 Å². The summed E-state index contributed by atoms with van der Waals surface area (Å²) >= 11 is 0. The quantitative estimate of drug-likeness (QED) is 0.210. The number of fused-ring (bicyclic) bond motifs is 3. The van der Waals surface area contributed by atoms with Gasteiger partial charge in [-0.1, -0.05) is 66.7 Å². The molecule has 0 saturated carbocycles. The Morgan fingerprint density at radius 3 is 2.07 bits per heavy atom. The third kappa shape index (κ3) is 5.08. The Kier molecular flexibility index (Phi) is 7.03. The number of para-hydroxylation sites is 2. The van der Waals surface area contributed by atoms with Crippen LogP contribution in [0.1, 0.15) is 22.8 Å². The van der Waals surface area contributed by atoms with Gasteiger partial charge in [-0.25, -0.2) is 8.42 Å². The van der Waals surface area contributed by atoms with Crippen molar-refractivity contribution in [1.82, 2.24) is 4.57 Å². The molecular formula is C34H29N3O3S. The number of aryl methyl sites for hydroxylation is 1. The highest BCUT2D eigenvalue weighted by atomic mass is 32.2. The van der Waals surface area contributed by atoms with Gasteiger partial charge in [-0.15, -0.1) is 0 Å². The molecule has 1 N–H and O–H groups in total. The van der Waals surface area contributed by atoms with Gasteiger partial charge in [0.1, 0.15) is 0 Å². The molecule has 0 spiro atoms. The smallest absolute Gasteiger partial charge is 0.264 e. The number of anilines is 2. The Morgan fingerprint density at radius 2 is 1.37 bits per heavy atom. The SMILES string of the molecule is CCn1c2ccccc2c2cc(NC(=O)c3ccc(CN(c4ccccc4)S(=O)(=O)c4ccccc4)cc3)ccc21. The molecule has 0 fully saturated rings. The highest BCUT2D eigenvalue weighted by molar-refractivity contribution is 7.92. The third-order valence-corrected chi connectivity index (χ3v) is 9.05. The Hall–Kier alpha value is -4.88. The first-order valence-electron chi connectivity index (χ1n) is 13.5. The first kappa shape index (κ1) is 26.3. The Labute approximate surface area is 239 Å². The van der Waals surface area contributed by atoms with E-state index >= 15 is 0 Å². The molecule has 0 aliphatic heterocycles. The molecule has 0 unspecified atom stereocenters. The molecule has 0 radical (unpaired) electrons. The van der Waals surface area contributed by atoms with Crippen molar-refractivity contribution >= 4 is 49.1 Å². The zero-order valence-electron chi connectivity index (χ0n) is 22.6.